The van der Waals surface area contributed by atoms with Crippen LogP contribution in [-0.2, 0) is 14.8 Å². The molecule has 1 fully saturated rings. The van der Waals surface area contributed by atoms with E-state index in [9.17, 15) is 13.2 Å². The molecule has 1 aliphatic heterocycles. The smallest absolute Gasteiger partial charge is 0.251 e. The maximum absolute atomic E-state index is 12.6. The molecule has 8 heteroatoms. The molecule has 1 aromatic carbocycles. The van der Waals surface area contributed by atoms with Crippen molar-refractivity contribution in [1.29, 1.82) is 0 Å². The molecule has 2 N–H and O–H groups in total. The van der Waals surface area contributed by atoms with Crippen molar-refractivity contribution in [3.8, 4) is 0 Å². The summed E-state index contributed by atoms with van der Waals surface area (Å²) in [4.78, 5) is 15.1. The van der Waals surface area contributed by atoms with Gasteiger partial charge in [0.25, 0.3) is 5.91 Å². The van der Waals surface area contributed by atoms with Gasteiger partial charge in [-0.05, 0) is 31.2 Å². The van der Waals surface area contributed by atoms with E-state index in [0.717, 1.165) is 25.9 Å². The molecule has 0 spiro atoms. The van der Waals surface area contributed by atoms with Gasteiger partial charge in [-0.3, -0.25) is 9.69 Å². The molecule has 1 aliphatic rings. The molecule has 0 bridgehead atoms. The average molecular weight is 398 g/mol. The van der Waals surface area contributed by atoms with E-state index in [4.69, 9.17) is 4.74 Å². The van der Waals surface area contributed by atoms with Crippen molar-refractivity contribution >= 4 is 15.9 Å². The number of carbonyl (C=O) groups excluding carboxylic acids is 1. The Balaban J connectivity index is 2.09. The van der Waals surface area contributed by atoms with Gasteiger partial charge < -0.3 is 10.1 Å². The summed E-state index contributed by atoms with van der Waals surface area (Å²) in [6, 6.07) is 6.34. The van der Waals surface area contributed by atoms with E-state index in [2.05, 4.69) is 28.8 Å². The molecule has 1 unspecified atom stereocenters. The zero-order chi connectivity index (χ0) is 19.9. The largest absolute Gasteiger partial charge is 0.379 e. The maximum atomic E-state index is 12.6. The molecule has 0 aliphatic carbocycles. The normalized spacial score (nSPS) is 17.0. The predicted molar refractivity (Wildman–Crippen MR) is 105 cm³/mol. The lowest BCUT2D eigenvalue weighted by atomic mass is 9.92. The summed E-state index contributed by atoms with van der Waals surface area (Å²) in [5.74, 6) is 0.228. The summed E-state index contributed by atoms with van der Waals surface area (Å²) in [6.45, 7) is 8.06. The Bertz CT molecular complexity index is 713. The van der Waals surface area contributed by atoms with Crippen molar-refractivity contribution in [2.75, 3.05) is 39.9 Å². The van der Waals surface area contributed by atoms with E-state index in [1.54, 1.807) is 12.1 Å². The second-order valence-corrected chi connectivity index (χ2v) is 8.62. The molecule has 1 atom stereocenters. The van der Waals surface area contributed by atoms with Gasteiger partial charge >= 0.3 is 0 Å². The summed E-state index contributed by atoms with van der Waals surface area (Å²) in [7, 11) is -2.22. The predicted octanol–water partition coefficient (Wildman–Crippen LogP) is 1.46. The van der Waals surface area contributed by atoms with Crippen molar-refractivity contribution in [3.63, 3.8) is 0 Å². The van der Waals surface area contributed by atoms with E-state index in [1.807, 2.05) is 0 Å². The zero-order valence-corrected chi connectivity index (χ0v) is 17.2. The second-order valence-electron chi connectivity index (χ2n) is 6.74. The monoisotopic (exact) mass is 397 g/mol. The van der Waals surface area contributed by atoms with Crippen molar-refractivity contribution in [2.24, 2.45) is 5.92 Å². The van der Waals surface area contributed by atoms with E-state index in [-0.39, 0.29) is 16.8 Å². The summed E-state index contributed by atoms with van der Waals surface area (Å²) in [6.07, 6.45) is 2.09. The fourth-order valence-electron chi connectivity index (χ4n) is 3.56. The van der Waals surface area contributed by atoms with Crippen LogP contribution in [0.2, 0.25) is 0 Å². The number of ether oxygens (including phenoxy) is 1. The molecule has 1 heterocycles. The molecule has 152 valence electrons. The van der Waals surface area contributed by atoms with Gasteiger partial charge in [0.15, 0.2) is 0 Å². The molecule has 1 amide bonds. The van der Waals surface area contributed by atoms with Crippen LogP contribution in [0.5, 0.6) is 0 Å². The number of carbonyl (C=O) groups is 1. The molecule has 0 radical (unpaired) electrons. The van der Waals surface area contributed by atoms with Gasteiger partial charge in [0, 0.05) is 31.2 Å². The third-order valence-electron chi connectivity index (χ3n) is 5.25. The van der Waals surface area contributed by atoms with Gasteiger partial charge in [-0.15, -0.1) is 0 Å². The van der Waals surface area contributed by atoms with Gasteiger partial charge in [-0.25, -0.2) is 13.1 Å². The molecule has 2 rings (SSSR count). The average Bonchev–Trinajstić information content (AvgIpc) is 2.71. The highest BCUT2D eigenvalue weighted by Gasteiger charge is 2.27. The Morgan fingerprint density at radius 2 is 1.89 bits per heavy atom. The molecular formula is C19H31N3O4S. The van der Waals surface area contributed by atoms with Crippen molar-refractivity contribution in [3.05, 3.63) is 29.8 Å². The number of sulfonamides is 1. The standard InChI is InChI=1S/C19H31N3O4S/c1-4-15(5-2)18(22-9-11-26-12-10-22)14-21-19(23)16-7-6-8-17(13-16)27(24,25)20-3/h6-8,13,15,18,20H,4-5,9-12,14H2,1-3H3,(H,21,23). The number of nitrogens with one attached hydrogen (secondary N) is 2. The summed E-state index contributed by atoms with van der Waals surface area (Å²) < 4.78 is 31.6. The van der Waals surface area contributed by atoms with E-state index >= 15 is 0 Å². The van der Waals surface area contributed by atoms with Gasteiger partial charge in [0.1, 0.15) is 0 Å². The second kappa shape index (κ2) is 10.2. The van der Waals surface area contributed by atoms with Crippen LogP contribution in [0.3, 0.4) is 0 Å². The van der Waals surface area contributed by atoms with Gasteiger partial charge in [0.05, 0.1) is 18.1 Å². The van der Waals surface area contributed by atoms with Crippen LogP contribution < -0.4 is 10.0 Å². The van der Waals surface area contributed by atoms with E-state index in [1.165, 1.54) is 19.2 Å². The molecule has 0 aromatic heterocycles. The van der Waals surface area contributed by atoms with Crippen LogP contribution in [0.25, 0.3) is 0 Å². The van der Waals surface area contributed by atoms with Gasteiger partial charge in [0.2, 0.25) is 10.0 Å². The number of benzene rings is 1. The number of rotatable bonds is 9. The Kier molecular flexibility index (Phi) is 8.22. The number of amides is 1. The molecule has 1 aromatic rings. The van der Waals surface area contributed by atoms with Crippen LogP contribution in [0, 0.1) is 5.92 Å². The third-order valence-corrected chi connectivity index (χ3v) is 6.67. The highest BCUT2D eigenvalue weighted by atomic mass is 32.2. The van der Waals surface area contributed by atoms with Crippen LogP contribution >= 0.6 is 0 Å². The van der Waals surface area contributed by atoms with Gasteiger partial charge in [-0.1, -0.05) is 32.8 Å². The van der Waals surface area contributed by atoms with E-state index < -0.39 is 10.0 Å². The minimum Gasteiger partial charge on any atom is -0.379 e. The first-order valence-corrected chi connectivity index (χ1v) is 11.0. The van der Waals surface area contributed by atoms with Crippen LogP contribution in [0.15, 0.2) is 29.2 Å². The Morgan fingerprint density at radius 1 is 1.22 bits per heavy atom. The number of morpholine rings is 1. The topological polar surface area (TPSA) is 87.7 Å². The van der Waals surface area contributed by atoms with Gasteiger partial charge in [-0.2, -0.15) is 0 Å². The molecular weight excluding hydrogens is 366 g/mol. The summed E-state index contributed by atoms with van der Waals surface area (Å²) >= 11 is 0. The quantitative estimate of drug-likeness (QED) is 0.659. The number of hydrogen-bond acceptors (Lipinski definition) is 5. The van der Waals surface area contributed by atoms with Crippen LogP contribution in [0.4, 0.5) is 0 Å². The third kappa shape index (κ3) is 5.75. The first kappa shape index (κ1) is 21.8. The highest BCUT2D eigenvalue weighted by Crippen LogP contribution is 2.20. The minimum atomic E-state index is -3.58. The molecule has 1 saturated heterocycles. The molecule has 27 heavy (non-hydrogen) atoms. The minimum absolute atomic E-state index is 0.0855. The van der Waals surface area contributed by atoms with E-state index in [0.29, 0.717) is 31.2 Å². The Morgan fingerprint density at radius 3 is 2.48 bits per heavy atom. The number of nitrogens with zero attached hydrogens (tertiary/aromatic N) is 1. The lowest BCUT2D eigenvalue weighted by Crippen LogP contribution is -2.52. The molecule has 7 nitrogen and oxygen atoms in total. The zero-order valence-electron chi connectivity index (χ0n) is 16.4. The molecule has 0 saturated carbocycles. The van der Waals surface area contributed by atoms with Crippen molar-refractivity contribution < 1.29 is 17.9 Å². The summed E-state index contributed by atoms with van der Waals surface area (Å²) in [5.41, 5.74) is 0.344. The van der Waals surface area contributed by atoms with Crippen LogP contribution in [-0.4, -0.2) is 65.2 Å². The van der Waals surface area contributed by atoms with Crippen molar-refractivity contribution in [2.45, 2.75) is 37.6 Å². The SMILES string of the molecule is CCC(CC)C(CNC(=O)c1cccc(S(=O)(=O)NC)c1)N1CCOCC1. The first-order chi connectivity index (χ1) is 12.9. The Labute approximate surface area is 162 Å². The lowest BCUT2D eigenvalue weighted by Gasteiger charge is -2.38. The fraction of sp³-hybridized carbons (Fsp3) is 0.632. The maximum Gasteiger partial charge on any atom is 0.251 e. The highest BCUT2D eigenvalue weighted by molar-refractivity contribution is 7.89. The lowest BCUT2D eigenvalue weighted by molar-refractivity contribution is 0.00191. The summed E-state index contributed by atoms with van der Waals surface area (Å²) in [5, 5.41) is 3.01. The first-order valence-electron chi connectivity index (χ1n) is 9.56. The van der Waals surface area contributed by atoms with Crippen molar-refractivity contribution in [1.82, 2.24) is 14.9 Å². The Hall–Kier alpha value is -1.48. The number of hydrogen-bond donors (Lipinski definition) is 2. The van der Waals surface area contributed by atoms with Crippen LogP contribution in [0.1, 0.15) is 37.0 Å². The fourth-order valence-corrected chi connectivity index (χ4v) is 4.33.